The molecule has 0 unspecified atom stereocenters. The number of carbonyl (C=O) groups is 1. The molecule has 206 valence electrons. The van der Waals surface area contributed by atoms with Crippen molar-refractivity contribution in [3.8, 4) is 22.5 Å². The van der Waals surface area contributed by atoms with E-state index in [0.717, 1.165) is 49.6 Å². The maximum Gasteiger partial charge on any atom is 0.339 e. The summed E-state index contributed by atoms with van der Waals surface area (Å²) in [6.45, 7) is 0. The van der Waals surface area contributed by atoms with Crippen molar-refractivity contribution < 1.29 is 14.3 Å². The van der Waals surface area contributed by atoms with E-state index in [1.54, 1.807) is 35.0 Å². The van der Waals surface area contributed by atoms with E-state index < -0.39 is 5.97 Å². The minimum absolute atomic E-state index is 0. The van der Waals surface area contributed by atoms with Gasteiger partial charge in [0.2, 0.25) is 5.95 Å². The van der Waals surface area contributed by atoms with Gasteiger partial charge in [0.1, 0.15) is 22.9 Å². The molecule has 0 bridgehead atoms. The fourth-order valence-electron chi connectivity index (χ4n) is 5.57. The first kappa shape index (κ1) is 28.6. The second-order valence-corrected chi connectivity index (χ2v) is 9.95. The molecule has 0 saturated heterocycles. The minimum atomic E-state index is -1.02. The Morgan fingerprint density at radius 3 is 2.18 bits per heavy atom. The van der Waals surface area contributed by atoms with Gasteiger partial charge >= 0.3 is 5.97 Å². The highest BCUT2D eigenvalue weighted by atomic mass is 35.5. The summed E-state index contributed by atoms with van der Waals surface area (Å²) in [5, 5.41) is 21.8. The van der Waals surface area contributed by atoms with E-state index >= 15 is 0 Å². The number of carboxylic acid groups (broad SMARTS) is 1. The number of nitrogens with one attached hydrogen (secondary N) is 2. The molecule has 2 fully saturated rings. The third-order valence-electron chi connectivity index (χ3n) is 7.44. The van der Waals surface area contributed by atoms with Gasteiger partial charge in [-0.2, -0.15) is 5.10 Å². The van der Waals surface area contributed by atoms with Crippen molar-refractivity contribution in [3.63, 3.8) is 0 Å². The highest BCUT2D eigenvalue weighted by molar-refractivity contribution is 5.97. The van der Waals surface area contributed by atoms with Crippen molar-refractivity contribution in [3.05, 3.63) is 60.0 Å². The Balaban J connectivity index is 0.00000176. The maximum absolute atomic E-state index is 13.8. The zero-order valence-corrected chi connectivity index (χ0v) is 22.9. The van der Waals surface area contributed by atoms with Crippen molar-refractivity contribution in [2.45, 2.75) is 63.5 Å². The number of aromatic nitrogens is 4. The van der Waals surface area contributed by atoms with Crippen LogP contribution < -0.4 is 10.6 Å². The van der Waals surface area contributed by atoms with Crippen LogP contribution in [-0.2, 0) is 0 Å². The number of pyridine rings is 1. The highest BCUT2D eigenvalue weighted by Gasteiger charge is 2.25. The number of hydrogen-bond acceptors (Lipinski definition) is 6. The average Bonchev–Trinajstić information content (AvgIpc) is 3.66. The summed E-state index contributed by atoms with van der Waals surface area (Å²) >= 11 is 0. The average molecular weight is 574 g/mol. The van der Waals surface area contributed by atoms with E-state index in [9.17, 15) is 14.3 Å². The second kappa shape index (κ2) is 12.2. The number of halogens is 3. The minimum Gasteiger partial charge on any atom is -0.478 e. The Kier molecular flexibility index (Phi) is 8.92. The molecule has 2 saturated carbocycles. The van der Waals surface area contributed by atoms with Crippen LogP contribution in [0.25, 0.3) is 28.0 Å². The maximum atomic E-state index is 13.8. The monoisotopic (exact) mass is 572 g/mol. The lowest BCUT2D eigenvalue weighted by atomic mass is 10.0. The number of hydrogen-bond donors (Lipinski definition) is 3. The number of fused-ring (bicyclic) bond motifs is 1. The molecule has 0 atom stereocenters. The molecule has 0 amide bonds. The third-order valence-corrected chi connectivity index (χ3v) is 7.44. The first-order valence-corrected chi connectivity index (χ1v) is 13.0. The van der Waals surface area contributed by atoms with Gasteiger partial charge in [-0.15, -0.1) is 24.8 Å². The van der Waals surface area contributed by atoms with Gasteiger partial charge in [0.05, 0.1) is 16.8 Å². The predicted octanol–water partition coefficient (Wildman–Crippen LogP) is 6.85. The van der Waals surface area contributed by atoms with Crippen LogP contribution in [-0.4, -0.2) is 42.7 Å². The molecule has 1 aromatic carbocycles. The third kappa shape index (κ3) is 5.79. The molecule has 3 heterocycles. The molecule has 3 N–H and O–H groups in total. The summed E-state index contributed by atoms with van der Waals surface area (Å²) in [7, 11) is 0. The zero-order valence-electron chi connectivity index (χ0n) is 21.3. The lowest BCUT2D eigenvalue weighted by Gasteiger charge is -2.17. The smallest absolute Gasteiger partial charge is 0.339 e. The van der Waals surface area contributed by atoms with Crippen LogP contribution in [0.1, 0.15) is 61.7 Å². The molecule has 0 spiro atoms. The number of carboxylic acids is 1. The van der Waals surface area contributed by atoms with E-state index in [0.29, 0.717) is 34.8 Å². The summed E-state index contributed by atoms with van der Waals surface area (Å²) < 4.78 is 15.4. The van der Waals surface area contributed by atoms with Gasteiger partial charge in [-0.3, -0.25) is 0 Å². The summed E-state index contributed by atoms with van der Waals surface area (Å²) in [6.07, 6.45) is 10.5. The van der Waals surface area contributed by atoms with Crippen LogP contribution in [0, 0.1) is 5.82 Å². The molecule has 0 radical (unpaired) electrons. The molecule has 11 heteroatoms. The molecule has 2 aliphatic carbocycles. The molecule has 4 aromatic rings. The molecule has 6 rings (SSSR count). The van der Waals surface area contributed by atoms with Crippen molar-refractivity contribution >= 4 is 48.1 Å². The fourth-order valence-corrected chi connectivity index (χ4v) is 5.57. The number of benzene rings is 1. The SMILES string of the molecule is Cl.Cl.O=C(O)c1ccc2c(-c3ccnc(NC4CCCC4)n3)c(-c3ccc(F)cc3)nn2c1NC1CCCC1. The van der Waals surface area contributed by atoms with Gasteiger partial charge in [-0.1, -0.05) is 25.7 Å². The summed E-state index contributed by atoms with van der Waals surface area (Å²) in [4.78, 5) is 21.4. The second-order valence-electron chi connectivity index (χ2n) is 9.95. The Hall–Kier alpha value is -3.43. The van der Waals surface area contributed by atoms with E-state index in [2.05, 4.69) is 15.6 Å². The molecule has 2 aliphatic rings. The van der Waals surface area contributed by atoms with Crippen molar-refractivity contribution in [2.24, 2.45) is 0 Å². The Labute approximate surface area is 238 Å². The number of anilines is 2. The zero-order chi connectivity index (χ0) is 25.4. The Morgan fingerprint density at radius 1 is 0.897 bits per heavy atom. The van der Waals surface area contributed by atoms with Crippen molar-refractivity contribution in [2.75, 3.05) is 10.6 Å². The molecular formula is C28H31Cl2FN6O2. The first-order valence-electron chi connectivity index (χ1n) is 13.0. The van der Waals surface area contributed by atoms with Crippen LogP contribution in [0.4, 0.5) is 16.2 Å². The number of nitrogens with zero attached hydrogens (tertiary/aromatic N) is 4. The van der Waals surface area contributed by atoms with Gasteiger partial charge in [0, 0.05) is 23.8 Å². The molecular weight excluding hydrogens is 542 g/mol. The molecule has 8 nitrogen and oxygen atoms in total. The van der Waals surface area contributed by atoms with Gasteiger partial charge in [-0.05, 0) is 68.1 Å². The summed E-state index contributed by atoms with van der Waals surface area (Å²) in [6, 6.07) is 11.9. The topological polar surface area (TPSA) is 104 Å². The quantitative estimate of drug-likeness (QED) is 0.222. The fraction of sp³-hybridized carbons (Fsp3) is 0.357. The highest BCUT2D eigenvalue weighted by Crippen LogP contribution is 2.37. The number of aromatic carboxylic acids is 1. The van der Waals surface area contributed by atoms with Crippen LogP contribution in [0.2, 0.25) is 0 Å². The van der Waals surface area contributed by atoms with Gasteiger partial charge in [0.15, 0.2) is 0 Å². The number of rotatable bonds is 7. The Bertz CT molecular complexity index is 1450. The standard InChI is InChI=1S/C28H29FN6O2.2ClH/c29-18-11-9-17(10-12-18)25-24(22-15-16-30-28(33-22)32-20-7-3-4-8-20)23-14-13-21(27(36)37)26(35(23)34-25)31-19-5-1-2-6-19;;/h9-16,19-20,31H,1-8H2,(H,36,37)(H,30,32,33);2*1H. The van der Waals surface area contributed by atoms with Gasteiger partial charge < -0.3 is 15.7 Å². The van der Waals surface area contributed by atoms with Crippen LogP contribution in [0.15, 0.2) is 48.7 Å². The lowest BCUT2D eigenvalue weighted by Crippen LogP contribution is -2.20. The predicted molar refractivity (Wildman–Crippen MR) is 155 cm³/mol. The van der Waals surface area contributed by atoms with Crippen molar-refractivity contribution in [1.29, 1.82) is 0 Å². The van der Waals surface area contributed by atoms with Gasteiger partial charge in [-0.25, -0.2) is 23.7 Å². The van der Waals surface area contributed by atoms with E-state index in [1.165, 1.54) is 25.0 Å². The lowest BCUT2D eigenvalue weighted by molar-refractivity contribution is 0.0697. The van der Waals surface area contributed by atoms with E-state index in [1.807, 2.05) is 6.07 Å². The largest absolute Gasteiger partial charge is 0.478 e. The van der Waals surface area contributed by atoms with E-state index in [4.69, 9.17) is 10.1 Å². The van der Waals surface area contributed by atoms with Crippen LogP contribution in [0.5, 0.6) is 0 Å². The Morgan fingerprint density at radius 2 is 1.54 bits per heavy atom. The first-order chi connectivity index (χ1) is 18.1. The van der Waals surface area contributed by atoms with Crippen molar-refractivity contribution in [1.82, 2.24) is 19.6 Å². The molecule has 0 aliphatic heterocycles. The van der Waals surface area contributed by atoms with Gasteiger partial charge in [0.25, 0.3) is 0 Å². The normalized spacial score (nSPS) is 15.6. The van der Waals surface area contributed by atoms with E-state index in [-0.39, 0.29) is 42.2 Å². The van der Waals surface area contributed by atoms with Crippen LogP contribution >= 0.6 is 24.8 Å². The molecule has 3 aromatic heterocycles. The van der Waals surface area contributed by atoms with Crippen LogP contribution in [0.3, 0.4) is 0 Å². The summed E-state index contributed by atoms with van der Waals surface area (Å²) in [5.74, 6) is -0.353. The molecule has 39 heavy (non-hydrogen) atoms. The summed E-state index contributed by atoms with van der Waals surface area (Å²) in [5.41, 5.74) is 3.60.